The van der Waals surface area contributed by atoms with Crippen LogP contribution in [0.4, 0.5) is 10.1 Å². The van der Waals surface area contributed by atoms with E-state index in [0.29, 0.717) is 25.6 Å². The van der Waals surface area contributed by atoms with Crippen LogP contribution in [0.1, 0.15) is 12.8 Å². The van der Waals surface area contributed by atoms with Crippen molar-refractivity contribution in [3.63, 3.8) is 0 Å². The molecule has 7 heteroatoms. The molecule has 106 valence electrons. The van der Waals surface area contributed by atoms with Crippen LogP contribution in [0.2, 0.25) is 0 Å². The van der Waals surface area contributed by atoms with Crippen molar-refractivity contribution in [2.24, 2.45) is 11.7 Å². The maximum atomic E-state index is 13.0. The van der Waals surface area contributed by atoms with Gasteiger partial charge in [0.05, 0.1) is 5.69 Å². The number of hydrogen-bond donors (Lipinski definition) is 2. The first kappa shape index (κ1) is 14.2. The number of halogens is 1. The molecular weight excluding hydrogens is 269 g/mol. The summed E-state index contributed by atoms with van der Waals surface area (Å²) in [5, 5.41) is 0. The molecule has 3 N–H and O–H groups in total. The first-order chi connectivity index (χ1) is 9.01. The van der Waals surface area contributed by atoms with Gasteiger partial charge in [-0.2, -0.15) is 12.7 Å². The topological polar surface area (TPSA) is 75.4 Å². The molecule has 0 bridgehead atoms. The van der Waals surface area contributed by atoms with E-state index in [4.69, 9.17) is 5.73 Å². The number of piperidine rings is 1. The SMILES string of the molecule is NCC1CCN(S(=O)(=O)Nc2cccc(F)c2)CC1. The average molecular weight is 287 g/mol. The van der Waals surface area contributed by atoms with E-state index in [1.54, 1.807) is 0 Å². The van der Waals surface area contributed by atoms with Crippen LogP contribution >= 0.6 is 0 Å². The normalized spacial score (nSPS) is 18.4. The van der Waals surface area contributed by atoms with Gasteiger partial charge in [0.2, 0.25) is 0 Å². The number of nitrogens with one attached hydrogen (secondary N) is 1. The Bertz CT molecular complexity index is 528. The molecule has 0 atom stereocenters. The zero-order chi connectivity index (χ0) is 13.9. The number of hydrogen-bond acceptors (Lipinski definition) is 3. The van der Waals surface area contributed by atoms with Gasteiger partial charge >= 0.3 is 10.2 Å². The predicted molar refractivity (Wildman–Crippen MR) is 72.3 cm³/mol. The van der Waals surface area contributed by atoms with Crippen LogP contribution < -0.4 is 10.5 Å². The molecule has 1 aliphatic heterocycles. The summed E-state index contributed by atoms with van der Waals surface area (Å²) in [6.07, 6.45) is 1.53. The minimum atomic E-state index is -3.61. The lowest BCUT2D eigenvalue weighted by molar-refractivity contribution is 0.280. The molecule has 0 unspecified atom stereocenters. The molecule has 0 aromatic heterocycles. The van der Waals surface area contributed by atoms with Gasteiger partial charge < -0.3 is 5.73 Å². The highest BCUT2D eigenvalue weighted by atomic mass is 32.2. The van der Waals surface area contributed by atoms with E-state index in [2.05, 4.69) is 4.72 Å². The van der Waals surface area contributed by atoms with Crippen LogP contribution in [-0.2, 0) is 10.2 Å². The minimum absolute atomic E-state index is 0.237. The number of anilines is 1. The average Bonchev–Trinajstić information content (AvgIpc) is 2.38. The van der Waals surface area contributed by atoms with Gasteiger partial charge in [-0.25, -0.2) is 4.39 Å². The number of nitrogens with zero attached hydrogens (tertiary/aromatic N) is 1. The summed E-state index contributed by atoms with van der Waals surface area (Å²) in [6, 6.07) is 5.41. The summed E-state index contributed by atoms with van der Waals surface area (Å²) >= 11 is 0. The molecule has 1 fully saturated rings. The summed E-state index contributed by atoms with van der Waals surface area (Å²) in [4.78, 5) is 0. The third kappa shape index (κ3) is 3.65. The molecule has 5 nitrogen and oxygen atoms in total. The lowest BCUT2D eigenvalue weighted by atomic mass is 9.99. The van der Waals surface area contributed by atoms with Gasteiger partial charge in [-0.1, -0.05) is 6.07 Å². The van der Waals surface area contributed by atoms with E-state index in [-0.39, 0.29) is 5.69 Å². The molecule has 1 saturated heterocycles. The molecule has 2 rings (SSSR count). The molecule has 1 aromatic rings. The Balaban J connectivity index is 2.03. The molecule has 1 heterocycles. The Morgan fingerprint density at radius 1 is 1.37 bits per heavy atom. The zero-order valence-corrected chi connectivity index (χ0v) is 11.4. The fraction of sp³-hybridized carbons (Fsp3) is 0.500. The zero-order valence-electron chi connectivity index (χ0n) is 10.5. The van der Waals surface area contributed by atoms with Crippen LogP contribution in [0, 0.1) is 11.7 Å². The first-order valence-electron chi connectivity index (χ1n) is 6.25. The Morgan fingerprint density at radius 2 is 2.05 bits per heavy atom. The third-order valence-electron chi connectivity index (χ3n) is 3.32. The number of nitrogens with two attached hydrogens (primary N) is 1. The van der Waals surface area contributed by atoms with Gasteiger partial charge in [-0.3, -0.25) is 4.72 Å². The Morgan fingerprint density at radius 3 is 2.63 bits per heavy atom. The van der Waals surface area contributed by atoms with Crippen molar-refractivity contribution in [2.45, 2.75) is 12.8 Å². The molecule has 0 spiro atoms. The van der Waals surface area contributed by atoms with E-state index in [1.165, 1.54) is 22.5 Å². The van der Waals surface area contributed by atoms with Gasteiger partial charge in [-0.05, 0) is 43.5 Å². The second-order valence-corrected chi connectivity index (χ2v) is 6.37. The Kier molecular flexibility index (Phi) is 4.38. The lowest BCUT2D eigenvalue weighted by Crippen LogP contribution is -2.42. The summed E-state index contributed by atoms with van der Waals surface area (Å²) in [6.45, 7) is 1.49. The molecule has 0 aliphatic carbocycles. The van der Waals surface area contributed by atoms with Crippen LogP contribution in [0.25, 0.3) is 0 Å². The second-order valence-electron chi connectivity index (χ2n) is 4.70. The summed E-state index contributed by atoms with van der Waals surface area (Å²) < 4.78 is 41.0. The quantitative estimate of drug-likeness (QED) is 0.872. The molecule has 1 aliphatic rings. The highest BCUT2D eigenvalue weighted by Gasteiger charge is 2.27. The molecular formula is C12H18FN3O2S. The van der Waals surface area contributed by atoms with Crippen molar-refractivity contribution in [3.8, 4) is 0 Å². The summed E-state index contributed by atoms with van der Waals surface area (Å²) in [5.74, 6) is -0.0809. The highest BCUT2D eigenvalue weighted by Crippen LogP contribution is 2.20. The minimum Gasteiger partial charge on any atom is -0.330 e. The van der Waals surface area contributed by atoms with Crippen molar-refractivity contribution in [3.05, 3.63) is 30.1 Å². The van der Waals surface area contributed by atoms with E-state index in [9.17, 15) is 12.8 Å². The highest BCUT2D eigenvalue weighted by molar-refractivity contribution is 7.90. The molecule has 1 aromatic carbocycles. The molecule has 19 heavy (non-hydrogen) atoms. The van der Waals surface area contributed by atoms with Gasteiger partial charge in [0.1, 0.15) is 5.82 Å². The number of benzene rings is 1. The van der Waals surface area contributed by atoms with Gasteiger partial charge in [0.15, 0.2) is 0 Å². The van der Waals surface area contributed by atoms with E-state index >= 15 is 0 Å². The van der Waals surface area contributed by atoms with Gasteiger partial charge in [0.25, 0.3) is 0 Å². The molecule has 0 saturated carbocycles. The fourth-order valence-electron chi connectivity index (χ4n) is 2.15. The largest absolute Gasteiger partial charge is 0.330 e. The van der Waals surface area contributed by atoms with Crippen LogP contribution in [0.3, 0.4) is 0 Å². The standard InChI is InChI=1S/C12H18FN3O2S/c13-11-2-1-3-12(8-11)15-19(17,18)16-6-4-10(9-14)5-7-16/h1-3,8,10,15H,4-7,9,14H2. The Labute approximate surface area is 112 Å². The third-order valence-corrected chi connectivity index (χ3v) is 4.86. The predicted octanol–water partition coefficient (Wildman–Crippen LogP) is 1.15. The van der Waals surface area contributed by atoms with Crippen LogP contribution in [0.15, 0.2) is 24.3 Å². The fourth-order valence-corrected chi connectivity index (χ4v) is 3.40. The van der Waals surface area contributed by atoms with Gasteiger partial charge in [0, 0.05) is 13.1 Å². The van der Waals surface area contributed by atoms with Crippen molar-refractivity contribution in [2.75, 3.05) is 24.4 Å². The maximum Gasteiger partial charge on any atom is 0.301 e. The van der Waals surface area contributed by atoms with E-state index in [1.807, 2.05) is 0 Å². The van der Waals surface area contributed by atoms with Crippen LogP contribution in [0.5, 0.6) is 0 Å². The first-order valence-corrected chi connectivity index (χ1v) is 7.69. The van der Waals surface area contributed by atoms with E-state index < -0.39 is 16.0 Å². The Hall–Kier alpha value is -1.18. The summed E-state index contributed by atoms with van der Waals surface area (Å²) in [5.41, 5.74) is 5.81. The monoisotopic (exact) mass is 287 g/mol. The molecule has 0 radical (unpaired) electrons. The van der Waals surface area contributed by atoms with Crippen LogP contribution in [-0.4, -0.2) is 32.4 Å². The van der Waals surface area contributed by atoms with Crippen molar-refractivity contribution in [1.29, 1.82) is 0 Å². The van der Waals surface area contributed by atoms with E-state index in [0.717, 1.165) is 18.9 Å². The smallest absolute Gasteiger partial charge is 0.301 e. The van der Waals surface area contributed by atoms with Crippen molar-refractivity contribution in [1.82, 2.24) is 4.31 Å². The number of rotatable bonds is 4. The van der Waals surface area contributed by atoms with Gasteiger partial charge in [-0.15, -0.1) is 0 Å². The van der Waals surface area contributed by atoms with Crippen molar-refractivity contribution >= 4 is 15.9 Å². The lowest BCUT2D eigenvalue weighted by Gasteiger charge is -2.30. The van der Waals surface area contributed by atoms with Crippen molar-refractivity contribution < 1.29 is 12.8 Å². The maximum absolute atomic E-state index is 13.0. The molecule has 0 amide bonds. The summed E-state index contributed by atoms with van der Waals surface area (Å²) in [7, 11) is -3.61. The second kappa shape index (κ2) is 5.85.